The van der Waals surface area contributed by atoms with Crippen LogP contribution in [-0.2, 0) is 11.4 Å². The van der Waals surface area contributed by atoms with Gasteiger partial charge in [-0.3, -0.25) is 14.9 Å². The van der Waals surface area contributed by atoms with Gasteiger partial charge in [-0.2, -0.15) is 5.10 Å². The van der Waals surface area contributed by atoms with E-state index in [1.165, 1.54) is 23.9 Å². The van der Waals surface area contributed by atoms with E-state index in [9.17, 15) is 14.9 Å². The Morgan fingerprint density at radius 3 is 2.69 bits per heavy atom. The maximum atomic E-state index is 12.5. The highest BCUT2D eigenvalue weighted by atomic mass is 16.6. The zero-order chi connectivity index (χ0) is 25.5. The number of nitro groups is 1. The number of methoxy groups -OCH3 is 1. The van der Waals surface area contributed by atoms with E-state index in [1.807, 2.05) is 49.4 Å². The first-order chi connectivity index (χ1) is 17.4. The molecule has 2 atom stereocenters. The standard InChI is InChI=1S/C26H27N5O5/c1-17-6-8-18(9-7-17)16-36-24-11-10-20(13-25(24)35-2)22-14-23(29-28-22)26(32)30-27-15-19-4-3-5-21(12-19)31(33)34/h3-13,15,22-23,28-29H,14,16H2,1-2H3,(H,30,32)/b27-15+. The van der Waals surface area contributed by atoms with Crippen molar-refractivity contribution in [1.29, 1.82) is 0 Å². The van der Waals surface area contributed by atoms with Crippen molar-refractivity contribution >= 4 is 17.8 Å². The monoisotopic (exact) mass is 489 g/mol. The van der Waals surface area contributed by atoms with Crippen molar-refractivity contribution in [2.45, 2.75) is 32.0 Å². The van der Waals surface area contributed by atoms with Gasteiger partial charge in [-0.1, -0.05) is 48.0 Å². The Morgan fingerprint density at radius 2 is 1.94 bits per heavy atom. The van der Waals surface area contributed by atoms with Crippen molar-refractivity contribution < 1.29 is 19.2 Å². The molecule has 0 aromatic heterocycles. The molecule has 0 saturated carbocycles. The molecular weight excluding hydrogens is 462 g/mol. The predicted molar refractivity (Wildman–Crippen MR) is 135 cm³/mol. The first-order valence-electron chi connectivity index (χ1n) is 11.4. The van der Waals surface area contributed by atoms with E-state index < -0.39 is 11.0 Å². The maximum absolute atomic E-state index is 12.5. The van der Waals surface area contributed by atoms with Crippen molar-refractivity contribution in [3.8, 4) is 11.5 Å². The number of amides is 1. The summed E-state index contributed by atoms with van der Waals surface area (Å²) in [5, 5.41) is 14.8. The van der Waals surface area contributed by atoms with Crippen LogP contribution in [0.4, 0.5) is 5.69 Å². The fraction of sp³-hybridized carbons (Fsp3) is 0.231. The summed E-state index contributed by atoms with van der Waals surface area (Å²) < 4.78 is 11.5. The van der Waals surface area contributed by atoms with E-state index in [-0.39, 0.29) is 17.6 Å². The third kappa shape index (κ3) is 6.23. The average Bonchev–Trinajstić information content (AvgIpc) is 3.39. The summed E-state index contributed by atoms with van der Waals surface area (Å²) in [5.41, 5.74) is 12.3. The number of ether oxygens (including phenoxy) is 2. The van der Waals surface area contributed by atoms with Crippen LogP contribution in [0.25, 0.3) is 0 Å². The van der Waals surface area contributed by atoms with Crippen molar-refractivity contribution in [3.63, 3.8) is 0 Å². The van der Waals surface area contributed by atoms with Gasteiger partial charge in [-0.25, -0.2) is 16.3 Å². The van der Waals surface area contributed by atoms with Crippen LogP contribution in [0.5, 0.6) is 11.5 Å². The molecule has 3 aromatic carbocycles. The molecule has 3 aromatic rings. The molecular formula is C26H27N5O5. The lowest BCUT2D eigenvalue weighted by Crippen LogP contribution is -2.41. The summed E-state index contributed by atoms with van der Waals surface area (Å²) in [6.07, 6.45) is 1.86. The first-order valence-corrected chi connectivity index (χ1v) is 11.4. The summed E-state index contributed by atoms with van der Waals surface area (Å²) in [5.74, 6) is 0.921. The number of rotatable bonds is 9. The van der Waals surface area contributed by atoms with Gasteiger partial charge < -0.3 is 9.47 Å². The molecule has 1 amide bonds. The minimum absolute atomic E-state index is 0.0447. The van der Waals surface area contributed by atoms with Gasteiger partial charge in [0.15, 0.2) is 11.5 Å². The van der Waals surface area contributed by atoms with Gasteiger partial charge in [-0.05, 0) is 36.6 Å². The summed E-state index contributed by atoms with van der Waals surface area (Å²) in [6, 6.07) is 19.2. The van der Waals surface area contributed by atoms with Gasteiger partial charge in [0.05, 0.1) is 18.2 Å². The summed E-state index contributed by atoms with van der Waals surface area (Å²) in [4.78, 5) is 22.9. The number of hydrazine groups is 1. The van der Waals surface area contributed by atoms with E-state index in [4.69, 9.17) is 9.47 Å². The molecule has 1 fully saturated rings. The quantitative estimate of drug-likeness (QED) is 0.238. The van der Waals surface area contributed by atoms with E-state index >= 15 is 0 Å². The minimum Gasteiger partial charge on any atom is -0.493 e. The van der Waals surface area contributed by atoms with Crippen molar-refractivity contribution in [1.82, 2.24) is 16.3 Å². The van der Waals surface area contributed by atoms with Gasteiger partial charge in [-0.15, -0.1) is 0 Å². The molecule has 0 bridgehead atoms. The molecule has 0 radical (unpaired) electrons. The zero-order valence-electron chi connectivity index (χ0n) is 19.9. The highest BCUT2D eigenvalue weighted by Crippen LogP contribution is 2.33. The van der Waals surface area contributed by atoms with Gasteiger partial charge in [0.1, 0.15) is 12.6 Å². The molecule has 3 N–H and O–H groups in total. The Morgan fingerprint density at radius 1 is 1.14 bits per heavy atom. The van der Waals surface area contributed by atoms with Crippen molar-refractivity contribution in [2.75, 3.05) is 7.11 Å². The molecule has 0 spiro atoms. The van der Waals surface area contributed by atoms with Crippen LogP contribution >= 0.6 is 0 Å². The number of nitrogens with one attached hydrogen (secondary N) is 3. The van der Waals surface area contributed by atoms with Crippen LogP contribution in [-0.4, -0.2) is 30.2 Å². The second-order valence-corrected chi connectivity index (χ2v) is 8.40. The SMILES string of the molecule is COc1cc(C2CC(C(=O)N/N=C/c3cccc([N+](=O)[O-])c3)NN2)ccc1OCc1ccc(C)cc1. The molecule has 1 heterocycles. The smallest absolute Gasteiger partial charge is 0.270 e. The number of carbonyl (C=O) groups excluding carboxylic acids is 1. The van der Waals surface area contributed by atoms with Gasteiger partial charge >= 0.3 is 0 Å². The molecule has 10 nitrogen and oxygen atoms in total. The molecule has 186 valence electrons. The number of non-ortho nitro benzene ring substituents is 1. The Hall–Kier alpha value is -4.28. The number of nitrogens with zero attached hydrogens (tertiary/aromatic N) is 2. The average molecular weight is 490 g/mol. The largest absolute Gasteiger partial charge is 0.493 e. The van der Waals surface area contributed by atoms with E-state index in [0.717, 1.165) is 11.1 Å². The topological polar surface area (TPSA) is 127 Å². The highest BCUT2D eigenvalue weighted by molar-refractivity contribution is 5.85. The number of nitro benzene ring substituents is 1. The number of hydrogen-bond acceptors (Lipinski definition) is 8. The zero-order valence-corrected chi connectivity index (χ0v) is 19.9. The van der Waals surface area contributed by atoms with E-state index in [2.05, 4.69) is 21.4 Å². The van der Waals surface area contributed by atoms with Crippen molar-refractivity contribution in [3.05, 3.63) is 99.1 Å². The van der Waals surface area contributed by atoms with Crippen LogP contribution in [0.1, 0.15) is 34.7 Å². The third-order valence-corrected chi connectivity index (χ3v) is 5.79. The lowest BCUT2D eigenvalue weighted by molar-refractivity contribution is -0.384. The summed E-state index contributed by atoms with van der Waals surface area (Å²) in [6.45, 7) is 2.47. The highest BCUT2D eigenvalue weighted by Gasteiger charge is 2.30. The number of hydrogen-bond donors (Lipinski definition) is 3. The van der Waals surface area contributed by atoms with E-state index in [0.29, 0.717) is 30.1 Å². The molecule has 1 aliphatic rings. The molecule has 10 heteroatoms. The molecule has 36 heavy (non-hydrogen) atoms. The Labute approximate surface area is 208 Å². The van der Waals surface area contributed by atoms with Crippen molar-refractivity contribution in [2.24, 2.45) is 5.10 Å². The lowest BCUT2D eigenvalue weighted by atomic mass is 10.0. The van der Waals surface area contributed by atoms with Gasteiger partial charge in [0.2, 0.25) is 0 Å². The third-order valence-electron chi connectivity index (χ3n) is 5.79. The number of benzene rings is 3. The lowest BCUT2D eigenvalue weighted by Gasteiger charge is -2.15. The molecule has 1 saturated heterocycles. The number of carbonyl (C=O) groups is 1. The molecule has 1 aliphatic heterocycles. The number of aryl methyl sites for hydroxylation is 1. The maximum Gasteiger partial charge on any atom is 0.270 e. The fourth-order valence-electron chi connectivity index (χ4n) is 3.78. The normalized spacial score (nSPS) is 17.2. The minimum atomic E-state index is -0.513. The van der Waals surface area contributed by atoms with Crippen LogP contribution < -0.4 is 25.8 Å². The first kappa shape index (κ1) is 24.8. The number of hydrazone groups is 1. The van der Waals surface area contributed by atoms with Crippen LogP contribution in [0, 0.1) is 17.0 Å². The fourth-order valence-corrected chi connectivity index (χ4v) is 3.78. The predicted octanol–water partition coefficient (Wildman–Crippen LogP) is 3.55. The Kier molecular flexibility index (Phi) is 7.89. The van der Waals surface area contributed by atoms with Crippen LogP contribution in [0.15, 0.2) is 71.8 Å². The molecule has 4 rings (SSSR count). The van der Waals surface area contributed by atoms with Crippen LogP contribution in [0.3, 0.4) is 0 Å². The second kappa shape index (κ2) is 11.4. The van der Waals surface area contributed by atoms with Gasteiger partial charge in [0.25, 0.3) is 11.6 Å². The Bertz CT molecular complexity index is 1260. The molecule has 2 unspecified atom stereocenters. The van der Waals surface area contributed by atoms with E-state index in [1.54, 1.807) is 19.2 Å². The van der Waals surface area contributed by atoms with Crippen LogP contribution in [0.2, 0.25) is 0 Å². The second-order valence-electron chi connectivity index (χ2n) is 8.40. The summed E-state index contributed by atoms with van der Waals surface area (Å²) >= 11 is 0. The molecule has 0 aliphatic carbocycles. The van der Waals surface area contributed by atoms with Gasteiger partial charge in [0, 0.05) is 23.7 Å². The summed E-state index contributed by atoms with van der Waals surface area (Å²) in [7, 11) is 1.59. The Balaban J connectivity index is 1.33.